The predicted octanol–water partition coefficient (Wildman–Crippen LogP) is 4.11. The highest BCUT2D eigenvalue weighted by atomic mass is 16.6. The summed E-state index contributed by atoms with van der Waals surface area (Å²) in [6.07, 6.45) is 8.05. The summed E-state index contributed by atoms with van der Waals surface area (Å²) in [6, 6.07) is 0. The molecule has 4 amide bonds. The number of piperazine rings is 1. The lowest BCUT2D eigenvalue weighted by atomic mass is 9.85. The number of primary amides is 2. The van der Waals surface area contributed by atoms with Crippen molar-refractivity contribution in [3.8, 4) is 0 Å². The van der Waals surface area contributed by atoms with E-state index in [0.717, 1.165) is 38.3 Å². The Hall–Kier alpha value is -7.16. The first-order chi connectivity index (χ1) is 42.7. The largest absolute Gasteiger partial charge is 0.439 e. The Kier molecular flexibility index (Phi) is 29.0. The second-order valence-corrected chi connectivity index (χ2v) is 24.1. The fourth-order valence-electron chi connectivity index (χ4n) is 11.8. The average molecular weight is 1260 g/mol. The zero-order chi connectivity index (χ0) is 66.5. The van der Waals surface area contributed by atoms with Crippen molar-refractivity contribution in [3.63, 3.8) is 0 Å². The van der Waals surface area contributed by atoms with Gasteiger partial charge < -0.3 is 81.2 Å². The molecule has 90 heavy (non-hydrogen) atoms. The van der Waals surface area contributed by atoms with Gasteiger partial charge in [0.2, 0.25) is 23.1 Å². The molecule has 5 rings (SSSR count). The van der Waals surface area contributed by atoms with Gasteiger partial charge in [-0.1, -0.05) is 76.3 Å². The number of carbonyl (C=O) groups excluding carboxylic acids is 8. The van der Waals surface area contributed by atoms with E-state index in [1.165, 1.54) is 40.6 Å². The Morgan fingerprint density at radius 1 is 0.578 bits per heavy atom. The normalized spacial score (nSPS) is 32.1. The topological polar surface area (TPSA) is 339 Å². The van der Waals surface area contributed by atoms with E-state index in [0.29, 0.717) is 63.0 Å². The molecule has 0 aromatic rings. The number of aliphatic hydroxyl groups is 2. The van der Waals surface area contributed by atoms with E-state index in [-0.39, 0.29) is 69.8 Å². The van der Waals surface area contributed by atoms with E-state index in [1.54, 1.807) is 78.0 Å². The van der Waals surface area contributed by atoms with E-state index in [9.17, 15) is 48.6 Å². The molecule has 0 spiro atoms. The van der Waals surface area contributed by atoms with Crippen LogP contribution in [0.3, 0.4) is 0 Å². The molecule has 496 valence electrons. The zero-order valence-electron chi connectivity index (χ0n) is 54.3. The van der Waals surface area contributed by atoms with E-state index in [4.69, 9.17) is 39.9 Å². The van der Waals surface area contributed by atoms with Gasteiger partial charge in [-0.15, -0.1) is 0 Å². The highest BCUT2D eigenvalue weighted by Gasteiger charge is 2.37. The molecule has 4 bridgehead atoms. The van der Waals surface area contributed by atoms with Gasteiger partial charge >= 0.3 is 12.2 Å². The number of nitrogens with one attached hydrogen (secondary N) is 4. The van der Waals surface area contributed by atoms with Crippen LogP contribution in [0.5, 0.6) is 0 Å². The van der Waals surface area contributed by atoms with Gasteiger partial charge in [-0.3, -0.25) is 28.8 Å². The summed E-state index contributed by atoms with van der Waals surface area (Å²) >= 11 is 0. The highest BCUT2D eigenvalue weighted by Crippen LogP contribution is 2.32. The molecule has 0 radical (unpaired) electrons. The summed E-state index contributed by atoms with van der Waals surface area (Å²) in [6.45, 7) is 19.2. The van der Waals surface area contributed by atoms with Crippen molar-refractivity contribution in [2.24, 2.45) is 35.1 Å². The number of ketones is 4. The minimum atomic E-state index is -1.03. The van der Waals surface area contributed by atoms with Crippen molar-refractivity contribution >= 4 is 47.1 Å². The molecule has 2 aliphatic carbocycles. The van der Waals surface area contributed by atoms with Gasteiger partial charge in [-0.2, -0.15) is 0 Å². The molecule has 1 saturated heterocycles. The molecule has 10 N–H and O–H groups in total. The van der Waals surface area contributed by atoms with Gasteiger partial charge in [0.05, 0.1) is 47.2 Å². The van der Waals surface area contributed by atoms with Crippen molar-refractivity contribution in [3.05, 3.63) is 117 Å². The molecule has 3 heterocycles. The number of hydrogen-bond acceptors (Lipinski definition) is 20. The highest BCUT2D eigenvalue weighted by molar-refractivity contribution is 6.24. The molecule has 12 atom stereocenters. The van der Waals surface area contributed by atoms with Crippen molar-refractivity contribution in [2.75, 3.05) is 80.8 Å². The lowest BCUT2D eigenvalue weighted by Crippen LogP contribution is -2.47. The summed E-state index contributed by atoms with van der Waals surface area (Å²) in [4.78, 5) is 112. The number of hydrogen-bond donors (Lipinski definition) is 8. The van der Waals surface area contributed by atoms with Crippen molar-refractivity contribution in [1.82, 2.24) is 31.1 Å². The summed E-state index contributed by atoms with van der Waals surface area (Å²) < 4.78 is 33.8. The van der Waals surface area contributed by atoms with Crippen LogP contribution >= 0.6 is 0 Å². The first-order valence-corrected chi connectivity index (χ1v) is 30.8. The van der Waals surface area contributed by atoms with Crippen molar-refractivity contribution in [1.29, 1.82) is 0 Å². The van der Waals surface area contributed by atoms with E-state index in [2.05, 4.69) is 31.1 Å². The number of aliphatic hydroxyl groups excluding tert-OH is 2. The molecule has 0 unspecified atom stereocenters. The van der Waals surface area contributed by atoms with Crippen molar-refractivity contribution in [2.45, 2.75) is 143 Å². The lowest BCUT2D eigenvalue weighted by Gasteiger charge is -2.35. The van der Waals surface area contributed by atoms with Gasteiger partial charge in [-0.25, -0.2) is 9.59 Å². The van der Waals surface area contributed by atoms with Crippen molar-refractivity contribution < 1.29 is 77.0 Å². The third-order valence-electron chi connectivity index (χ3n) is 17.0. The fourth-order valence-corrected chi connectivity index (χ4v) is 11.8. The number of methoxy groups -OCH3 is 4. The molecule has 3 aliphatic heterocycles. The number of fused-ring (bicyclic) bond motifs is 4. The van der Waals surface area contributed by atoms with E-state index >= 15 is 0 Å². The maximum absolute atomic E-state index is 14.3. The molecule has 0 aromatic heterocycles. The van der Waals surface area contributed by atoms with Crippen LogP contribution in [0.4, 0.5) is 9.59 Å². The molecule has 0 saturated carbocycles. The number of rotatable bonds is 16. The lowest BCUT2D eigenvalue weighted by molar-refractivity contribution is -0.120. The minimum Gasteiger partial charge on any atom is -0.439 e. The second kappa shape index (κ2) is 35.4. The summed E-state index contributed by atoms with van der Waals surface area (Å²) in [5, 5.41) is 35.0. The first-order valence-electron chi connectivity index (χ1n) is 30.8. The van der Waals surface area contributed by atoms with E-state index in [1.807, 2.05) is 13.8 Å². The summed E-state index contributed by atoms with van der Waals surface area (Å²) in [5.74, 6) is -4.75. The van der Waals surface area contributed by atoms with Crippen LogP contribution in [-0.2, 0) is 57.2 Å². The molecule has 24 heteroatoms. The monoisotopic (exact) mass is 1260 g/mol. The zero-order valence-corrected chi connectivity index (χ0v) is 54.3. The van der Waals surface area contributed by atoms with E-state index < -0.39 is 108 Å². The SMILES string of the molecule is CO[C@H]1/C=C\C=C(/C)C(=O)NC2=CC(=O)C(NCCCN3CCN(CCCNC4=C5C[C@@H](C)C[C@H](OC)[C@H](O)[C@@H](C)/C=C(\C)[C@H](OC(N)=O)[C@@H](OC)/C=C\C=C(/C)C(=O)NC(=CC4=O)C5=O)CC3)=C(C[C@@H](C)C[C@H](OC)[C@H](O)[C@@H](C)/C=C(\C)[C@@H]1OC(N)=O)C2=O. The maximum Gasteiger partial charge on any atom is 0.405 e. The van der Waals surface area contributed by atoms with Gasteiger partial charge in [0.15, 0.2) is 12.2 Å². The number of allylic oxidation sites excluding steroid dienone is 8. The second-order valence-electron chi connectivity index (χ2n) is 24.1. The fraction of sp³-hybridized carbons (Fsp3) is 0.576. The van der Waals surface area contributed by atoms with Crippen LogP contribution in [0.2, 0.25) is 0 Å². The molecule has 5 aliphatic rings. The molecular formula is C66H96N8O16. The Morgan fingerprint density at radius 3 is 1.26 bits per heavy atom. The third kappa shape index (κ3) is 20.9. The molecule has 1 fully saturated rings. The standard InChI is InChI=1S/C66H96N8O16/c1-37-29-45-55(49(75)35-47(59(45)79)71-63(81)39(3)17-13-19-51(85-9)61(89-65(67)83)43(7)33-41(5)57(77)53(31-37)87-11)69-21-15-23-73-25-27-74(28-26-73)24-16-22-70-56-46-30-38(2)32-54(88-12)58(78)42(6)34-44(8)62(90-66(68)84)52(86-10)20-14-18-40(4)64(82)72-48(60(46)80)36-50(56)76/h13-14,17-20,33-38,41-42,51-54,57-58,61-62,69-70,77-78H,15-16,21-32H2,1-12H3,(H2,67,83)(H2,68,84)(H,71,81)(H,72,82)/b19-13-,20-14-,39-17+,40-18+,43-33+,44-34+/t37-,38-,41+,42+,51+,52+,53+,54+,57-,58-,61+,62+/m1/s1. The number of Topliss-reactive ketones (excluding diaryl/α,β-unsaturated/α-hetero) is 2. The van der Waals surface area contributed by atoms with Crippen LogP contribution < -0.4 is 32.7 Å². The Balaban J connectivity index is 1.22. The maximum atomic E-state index is 14.3. The van der Waals surface area contributed by atoms with Crippen LogP contribution in [-0.4, -0.2) is 197 Å². The molecule has 0 aromatic carbocycles. The molecule has 24 nitrogen and oxygen atoms in total. The Morgan fingerprint density at radius 2 is 0.933 bits per heavy atom. The summed E-state index contributed by atoms with van der Waals surface area (Å²) in [7, 11) is 5.82. The number of nitrogens with zero attached hydrogens (tertiary/aromatic N) is 2. The number of amides is 4. The van der Waals surface area contributed by atoms with Gasteiger partial charge in [-0.05, 0) is 102 Å². The smallest absolute Gasteiger partial charge is 0.405 e. The number of carbonyl (C=O) groups is 8. The average Bonchev–Trinajstić information content (AvgIpc) is 1.08. The number of ether oxygens (including phenoxy) is 6. The summed E-state index contributed by atoms with van der Waals surface area (Å²) in [5.41, 5.74) is 12.8. The first kappa shape index (κ1) is 73.6. The van der Waals surface area contributed by atoms with Gasteiger partial charge in [0, 0.05) is 114 Å². The van der Waals surface area contributed by atoms with Gasteiger partial charge in [0.1, 0.15) is 12.2 Å². The quantitative estimate of drug-likeness (QED) is 0.0612. The van der Waals surface area contributed by atoms with Crippen LogP contribution in [0, 0.1) is 23.7 Å². The third-order valence-corrected chi connectivity index (χ3v) is 17.0. The van der Waals surface area contributed by atoms with Gasteiger partial charge in [0.25, 0.3) is 11.8 Å². The Labute approximate surface area is 528 Å². The van der Waals surface area contributed by atoms with Crippen LogP contribution in [0.25, 0.3) is 0 Å². The molecular weight excluding hydrogens is 1160 g/mol. The number of nitrogens with two attached hydrogens (primary N) is 2. The Bertz CT molecular complexity index is 2750. The van der Waals surface area contributed by atoms with Crippen LogP contribution in [0.15, 0.2) is 117 Å². The predicted molar refractivity (Wildman–Crippen MR) is 337 cm³/mol. The minimum absolute atomic E-state index is 0.131. The van der Waals surface area contributed by atoms with Crippen LogP contribution in [0.1, 0.15) is 93.9 Å².